The predicted molar refractivity (Wildman–Crippen MR) is 130 cm³/mol. The van der Waals surface area contributed by atoms with E-state index in [0.29, 0.717) is 5.56 Å². The van der Waals surface area contributed by atoms with Gasteiger partial charge in [-0.05, 0) is 34.7 Å². The molecule has 1 aliphatic heterocycles. The second kappa shape index (κ2) is 10.2. The maximum atomic E-state index is 10.9. The van der Waals surface area contributed by atoms with Gasteiger partial charge in [0.2, 0.25) is 0 Å². The highest BCUT2D eigenvalue weighted by molar-refractivity contribution is 5.77. The summed E-state index contributed by atoms with van der Waals surface area (Å²) in [6.07, 6.45) is 0.0372. The molecule has 4 rings (SSSR count). The second-order valence-corrected chi connectivity index (χ2v) is 8.48. The van der Waals surface area contributed by atoms with Gasteiger partial charge in [0.15, 0.2) is 0 Å². The third-order valence-electron chi connectivity index (χ3n) is 6.14. The molecule has 0 bridgehead atoms. The number of carboxylic acid groups (broad SMARTS) is 1. The Morgan fingerprint density at radius 2 is 1.85 bits per heavy atom. The summed E-state index contributed by atoms with van der Waals surface area (Å²) < 4.78 is 0. The number of hydrogen-bond donors (Lipinski definition) is 4. The van der Waals surface area contributed by atoms with E-state index in [4.69, 9.17) is 5.11 Å². The molecule has 0 aliphatic carbocycles. The Morgan fingerprint density at radius 3 is 2.55 bits per heavy atom. The smallest absolute Gasteiger partial charge is 0.307 e. The van der Waals surface area contributed by atoms with Crippen molar-refractivity contribution in [2.75, 3.05) is 23.7 Å². The fourth-order valence-corrected chi connectivity index (χ4v) is 4.32. The normalized spacial score (nSPS) is 16.4. The van der Waals surface area contributed by atoms with Crippen molar-refractivity contribution in [1.82, 2.24) is 5.32 Å². The Morgan fingerprint density at radius 1 is 1.09 bits per heavy atom. The summed E-state index contributed by atoms with van der Waals surface area (Å²) in [6.45, 7) is 3.65. The fraction of sp³-hybridized carbons (Fsp3) is 0.259. The molecule has 168 valence electrons. The number of nitrogens with zero attached hydrogens (tertiary/aromatic N) is 1. The van der Waals surface area contributed by atoms with Crippen LogP contribution in [0.5, 0.6) is 0 Å². The molecule has 0 spiro atoms. The molecule has 0 aromatic heterocycles. The molecule has 1 aliphatic rings. The number of hydrogen-bond acceptors (Lipinski definition) is 5. The van der Waals surface area contributed by atoms with E-state index >= 15 is 0 Å². The van der Waals surface area contributed by atoms with Gasteiger partial charge in [-0.2, -0.15) is 5.26 Å². The van der Waals surface area contributed by atoms with Crippen molar-refractivity contribution < 1.29 is 9.90 Å². The SMILES string of the molecule is C[C@H](CN[C@H](c1ccccc1)[C@H]1CNc2cccc(C#N)c2N1)c1ccc(CC(=O)O)cc1. The first-order valence-electron chi connectivity index (χ1n) is 11.2. The summed E-state index contributed by atoms with van der Waals surface area (Å²) in [7, 11) is 0. The van der Waals surface area contributed by atoms with E-state index in [1.54, 1.807) is 0 Å². The summed E-state index contributed by atoms with van der Waals surface area (Å²) in [5.41, 5.74) is 5.58. The molecule has 6 heteroatoms. The summed E-state index contributed by atoms with van der Waals surface area (Å²) in [5.74, 6) is -0.577. The van der Waals surface area contributed by atoms with E-state index in [9.17, 15) is 10.1 Å². The van der Waals surface area contributed by atoms with Gasteiger partial charge in [-0.3, -0.25) is 4.79 Å². The molecule has 3 aromatic carbocycles. The van der Waals surface area contributed by atoms with E-state index in [-0.39, 0.29) is 24.4 Å². The molecule has 4 N–H and O–H groups in total. The molecule has 33 heavy (non-hydrogen) atoms. The lowest BCUT2D eigenvalue weighted by molar-refractivity contribution is -0.136. The van der Waals surface area contributed by atoms with E-state index in [1.165, 1.54) is 5.56 Å². The van der Waals surface area contributed by atoms with Crippen molar-refractivity contribution in [3.05, 3.63) is 95.1 Å². The molecule has 0 radical (unpaired) electrons. The Labute approximate surface area is 194 Å². The lowest BCUT2D eigenvalue weighted by Crippen LogP contribution is -2.45. The summed E-state index contributed by atoms with van der Waals surface area (Å²) in [6, 6.07) is 26.2. The number of carboxylic acids is 1. The zero-order valence-electron chi connectivity index (χ0n) is 18.6. The number of carbonyl (C=O) groups is 1. The number of anilines is 2. The molecule has 0 saturated carbocycles. The molecular weight excluding hydrogens is 412 g/mol. The first-order valence-corrected chi connectivity index (χ1v) is 11.2. The maximum Gasteiger partial charge on any atom is 0.307 e. The zero-order valence-corrected chi connectivity index (χ0v) is 18.6. The van der Waals surface area contributed by atoms with Crippen LogP contribution in [0, 0.1) is 11.3 Å². The minimum absolute atomic E-state index is 0.0346. The van der Waals surface area contributed by atoms with E-state index in [0.717, 1.165) is 35.6 Å². The van der Waals surface area contributed by atoms with Crippen LogP contribution in [0.25, 0.3) is 0 Å². The van der Waals surface area contributed by atoms with Crippen molar-refractivity contribution in [2.45, 2.75) is 31.3 Å². The zero-order chi connectivity index (χ0) is 23.2. The molecular formula is C27H28N4O2. The van der Waals surface area contributed by atoms with Gasteiger partial charge in [0.25, 0.3) is 0 Å². The van der Waals surface area contributed by atoms with Crippen LogP contribution in [-0.4, -0.2) is 30.2 Å². The molecule has 0 amide bonds. The van der Waals surface area contributed by atoms with Crippen molar-refractivity contribution in [3.8, 4) is 6.07 Å². The topological polar surface area (TPSA) is 97.2 Å². The van der Waals surface area contributed by atoms with Gasteiger partial charge >= 0.3 is 5.97 Å². The van der Waals surface area contributed by atoms with Gasteiger partial charge < -0.3 is 21.1 Å². The number of fused-ring (bicyclic) bond motifs is 1. The van der Waals surface area contributed by atoms with E-state index in [2.05, 4.69) is 41.1 Å². The largest absolute Gasteiger partial charge is 0.481 e. The average molecular weight is 441 g/mol. The van der Waals surface area contributed by atoms with Crippen LogP contribution >= 0.6 is 0 Å². The van der Waals surface area contributed by atoms with Crippen LogP contribution in [0.4, 0.5) is 11.4 Å². The summed E-state index contributed by atoms with van der Waals surface area (Å²) in [5, 5.41) is 29.3. The van der Waals surface area contributed by atoms with Crippen molar-refractivity contribution >= 4 is 17.3 Å². The molecule has 0 unspecified atom stereocenters. The number of rotatable bonds is 8. The molecule has 0 saturated heterocycles. The molecule has 1 heterocycles. The first kappa shape index (κ1) is 22.4. The average Bonchev–Trinajstić information content (AvgIpc) is 2.84. The highest BCUT2D eigenvalue weighted by Gasteiger charge is 2.28. The monoisotopic (exact) mass is 440 g/mol. The first-order chi connectivity index (χ1) is 16.0. The second-order valence-electron chi connectivity index (χ2n) is 8.48. The molecule has 6 nitrogen and oxygen atoms in total. The van der Waals surface area contributed by atoms with Crippen LogP contribution in [0.1, 0.15) is 41.1 Å². The Hall–Kier alpha value is -3.82. The van der Waals surface area contributed by atoms with Gasteiger partial charge in [0, 0.05) is 13.1 Å². The van der Waals surface area contributed by atoms with Crippen molar-refractivity contribution in [1.29, 1.82) is 5.26 Å². The van der Waals surface area contributed by atoms with Crippen molar-refractivity contribution in [2.24, 2.45) is 0 Å². The third-order valence-corrected chi connectivity index (χ3v) is 6.14. The standard InChI is InChI=1S/C27H28N4O2/c1-18(20-12-10-19(11-13-20)14-25(32)33)16-30-26(21-6-3-2-4-7-21)24-17-29-23-9-5-8-22(15-28)27(23)31-24/h2-13,18,24,26,29-31H,14,16-17H2,1H3,(H,32,33)/t18-,24-,26-/m1/s1. The highest BCUT2D eigenvalue weighted by atomic mass is 16.4. The lowest BCUT2D eigenvalue weighted by Gasteiger charge is -2.36. The van der Waals surface area contributed by atoms with Crippen LogP contribution in [0.15, 0.2) is 72.8 Å². The summed E-state index contributed by atoms with van der Waals surface area (Å²) in [4.78, 5) is 10.9. The van der Waals surface area contributed by atoms with Crippen LogP contribution in [0.2, 0.25) is 0 Å². The fourth-order valence-electron chi connectivity index (χ4n) is 4.32. The predicted octanol–water partition coefficient (Wildman–Crippen LogP) is 4.53. The third kappa shape index (κ3) is 5.33. The van der Waals surface area contributed by atoms with Crippen LogP contribution < -0.4 is 16.0 Å². The maximum absolute atomic E-state index is 10.9. The quantitative estimate of drug-likeness (QED) is 0.411. The van der Waals surface area contributed by atoms with Crippen LogP contribution in [0.3, 0.4) is 0 Å². The summed E-state index contributed by atoms with van der Waals surface area (Å²) >= 11 is 0. The van der Waals surface area contributed by atoms with Crippen molar-refractivity contribution in [3.63, 3.8) is 0 Å². The molecule has 3 atom stereocenters. The molecule has 3 aromatic rings. The van der Waals surface area contributed by atoms with E-state index in [1.807, 2.05) is 60.7 Å². The minimum atomic E-state index is -0.821. The highest BCUT2D eigenvalue weighted by Crippen LogP contribution is 2.33. The van der Waals surface area contributed by atoms with Crippen LogP contribution in [-0.2, 0) is 11.2 Å². The van der Waals surface area contributed by atoms with Gasteiger partial charge in [-0.1, -0.05) is 67.6 Å². The van der Waals surface area contributed by atoms with E-state index < -0.39 is 5.97 Å². The Bertz CT molecular complexity index is 1140. The van der Waals surface area contributed by atoms with Gasteiger partial charge in [-0.15, -0.1) is 0 Å². The number of nitrogens with one attached hydrogen (secondary N) is 3. The van der Waals surface area contributed by atoms with Gasteiger partial charge in [-0.25, -0.2) is 0 Å². The Balaban J connectivity index is 1.50. The van der Waals surface area contributed by atoms with Gasteiger partial charge in [0.1, 0.15) is 6.07 Å². The number of aliphatic carboxylic acids is 1. The number of benzene rings is 3. The Kier molecular flexibility index (Phi) is 6.92. The minimum Gasteiger partial charge on any atom is -0.481 e. The van der Waals surface area contributed by atoms with Gasteiger partial charge in [0.05, 0.1) is 35.4 Å². The number of para-hydroxylation sites is 1. The molecule has 0 fully saturated rings. The number of nitriles is 1. The lowest BCUT2D eigenvalue weighted by atomic mass is 9.94.